The normalized spacial score (nSPS) is 13.9. The van der Waals surface area contributed by atoms with E-state index < -0.39 is 47.6 Å². The van der Waals surface area contributed by atoms with Crippen LogP contribution >= 0.6 is 0 Å². The number of halogens is 2. The predicted molar refractivity (Wildman–Crippen MR) is 208 cm³/mol. The zero-order chi connectivity index (χ0) is 42.2. The molecule has 4 N–H and O–H groups in total. The Morgan fingerprint density at radius 1 is 0.931 bits per heavy atom. The van der Waals surface area contributed by atoms with Gasteiger partial charge in [0.1, 0.15) is 24.1 Å². The third-order valence-corrected chi connectivity index (χ3v) is 9.15. The number of ether oxygens (including phenoxy) is 3. The number of nitrogens with two attached hydrogens (primary N) is 1. The van der Waals surface area contributed by atoms with Crippen molar-refractivity contribution in [1.82, 2.24) is 24.7 Å². The lowest BCUT2D eigenvalue weighted by molar-refractivity contribution is -0.140. The number of hydrogen-bond donors (Lipinski definition) is 3. The summed E-state index contributed by atoms with van der Waals surface area (Å²) in [5, 5.41) is 12.6. The van der Waals surface area contributed by atoms with Crippen molar-refractivity contribution in [2.24, 2.45) is 11.1 Å². The minimum atomic E-state index is -1.12. The first-order chi connectivity index (χ1) is 27.7. The fourth-order valence-electron chi connectivity index (χ4n) is 6.21. The number of rotatable bonds is 24. The fraction of sp³-hybridized carbons (Fsp3) is 0.463. The Kier molecular flexibility index (Phi) is 17.3. The van der Waals surface area contributed by atoms with Crippen LogP contribution in [0, 0.1) is 17.0 Å². The monoisotopic (exact) mass is 810 g/mol. The lowest BCUT2D eigenvalue weighted by atomic mass is 9.84. The molecule has 4 rings (SSSR count). The number of aliphatic hydroxyl groups is 1. The van der Waals surface area contributed by atoms with E-state index in [2.05, 4.69) is 5.32 Å². The van der Waals surface area contributed by atoms with Crippen LogP contribution in [0.2, 0.25) is 0 Å². The number of aliphatic hydroxyl groups excluding tert-OH is 1. The highest BCUT2D eigenvalue weighted by molar-refractivity contribution is 6.12. The second kappa shape index (κ2) is 22.1. The number of benzene rings is 2. The van der Waals surface area contributed by atoms with E-state index in [1.165, 1.54) is 17.1 Å². The molecule has 15 nitrogen and oxygen atoms in total. The molecule has 314 valence electrons. The van der Waals surface area contributed by atoms with E-state index in [1.807, 2.05) is 51.1 Å². The molecule has 1 aliphatic heterocycles. The van der Waals surface area contributed by atoms with E-state index in [9.17, 15) is 37.9 Å². The molecule has 0 aliphatic carbocycles. The zero-order valence-corrected chi connectivity index (χ0v) is 33.0. The summed E-state index contributed by atoms with van der Waals surface area (Å²) in [6.45, 7) is 6.16. The highest BCUT2D eigenvalue weighted by Gasteiger charge is 2.38. The highest BCUT2D eigenvalue weighted by Crippen LogP contribution is 2.39. The van der Waals surface area contributed by atoms with Crippen LogP contribution in [-0.2, 0) is 44.7 Å². The third kappa shape index (κ3) is 13.4. The molecule has 0 saturated heterocycles. The van der Waals surface area contributed by atoms with Crippen molar-refractivity contribution < 1.29 is 52.1 Å². The van der Waals surface area contributed by atoms with Crippen molar-refractivity contribution in [3.05, 3.63) is 89.9 Å². The van der Waals surface area contributed by atoms with Gasteiger partial charge in [-0.05, 0) is 35.6 Å². The van der Waals surface area contributed by atoms with E-state index in [0.29, 0.717) is 5.82 Å². The molecule has 17 heteroatoms. The molecular weight excluding hydrogens is 758 g/mol. The van der Waals surface area contributed by atoms with Crippen molar-refractivity contribution in [2.75, 3.05) is 65.9 Å². The van der Waals surface area contributed by atoms with Gasteiger partial charge in [-0.15, -0.1) is 0 Å². The average Bonchev–Trinajstić information content (AvgIpc) is 3.75. The molecule has 2 heterocycles. The summed E-state index contributed by atoms with van der Waals surface area (Å²) < 4.78 is 47.2. The molecule has 0 fully saturated rings. The van der Waals surface area contributed by atoms with Crippen molar-refractivity contribution in [1.29, 1.82) is 0 Å². The van der Waals surface area contributed by atoms with E-state index >= 15 is 0 Å². The standard InChI is InChI=1S/C41H52F2N6O9/c1-41(2,3)38(39-46-34(31-23-29(42)9-10-32(31)43)26-47(39)25-28-7-5-4-6-8-28)49(37(54)27-50)15-13-33(44)40(55)45-24-30(51)14-17-56-19-21-58-22-20-57-18-16-48-35(52)11-12-36(48)53/h4-12,23,26,33,38,50H,13-22,24-25,27,44H2,1-3H3,(H,45,55)/t33-,38-/m0/s1. The number of imidazole rings is 1. The average molecular weight is 811 g/mol. The van der Waals surface area contributed by atoms with Crippen molar-refractivity contribution in [3.63, 3.8) is 0 Å². The van der Waals surface area contributed by atoms with Gasteiger partial charge in [0.05, 0.1) is 70.5 Å². The van der Waals surface area contributed by atoms with Gasteiger partial charge in [0.2, 0.25) is 11.8 Å². The molecule has 0 saturated carbocycles. The maximum Gasteiger partial charge on any atom is 0.253 e. The molecule has 1 aromatic heterocycles. The van der Waals surface area contributed by atoms with Crippen LogP contribution in [0.3, 0.4) is 0 Å². The summed E-state index contributed by atoms with van der Waals surface area (Å²) in [5.74, 6) is -3.26. The quantitative estimate of drug-likeness (QED) is 0.0889. The minimum absolute atomic E-state index is 0.0323. The number of aromatic nitrogens is 2. The van der Waals surface area contributed by atoms with Gasteiger partial charge in [0.15, 0.2) is 5.78 Å². The number of carbonyl (C=O) groups is 5. The largest absolute Gasteiger partial charge is 0.387 e. The first-order valence-corrected chi connectivity index (χ1v) is 19.0. The summed E-state index contributed by atoms with van der Waals surface area (Å²) in [7, 11) is 0. The summed E-state index contributed by atoms with van der Waals surface area (Å²) in [4.78, 5) is 69.0. The number of nitrogens with one attached hydrogen (secondary N) is 1. The minimum Gasteiger partial charge on any atom is -0.387 e. The summed E-state index contributed by atoms with van der Waals surface area (Å²) in [5.41, 5.74) is 6.49. The Hall–Kier alpha value is -5.20. The first-order valence-electron chi connectivity index (χ1n) is 19.0. The van der Waals surface area contributed by atoms with Crippen LogP contribution in [0.5, 0.6) is 0 Å². The van der Waals surface area contributed by atoms with E-state index in [1.54, 1.807) is 10.8 Å². The number of amides is 4. The van der Waals surface area contributed by atoms with Crippen molar-refractivity contribution in [2.45, 2.75) is 52.2 Å². The van der Waals surface area contributed by atoms with Crippen LogP contribution in [-0.4, -0.2) is 126 Å². The van der Waals surface area contributed by atoms with E-state index in [4.69, 9.17) is 24.9 Å². The fourth-order valence-corrected chi connectivity index (χ4v) is 6.21. The maximum absolute atomic E-state index is 15.0. The Labute approximate surface area is 336 Å². The Morgan fingerprint density at radius 2 is 1.57 bits per heavy atom. The molecule has 0 bridgehead atoms. The van der Waals surface area contributed by atoms with Gasteiger partial charge in [-0.1, -0.05) is 51.1 Å². The highest BCUT2D eigenvalue weighted by atomic mass is 19.1. The number of nitrogens with zero attached hydrogens (tertiary/aromatic N) is 4. The van der Waals surface area contributed by atoms with Crippen LogP contribution in [0.25, 0.3) is 11.3 Å². The molecule has 2 atom stereocenters. The number of carbonyl (C=O) groups excluding carboxylic acids is 5. The number of Topliss-reactive ketones (excluding diaryl/α,β-unsaturated/α-hetero) is 1. The van der Waals surface area contributed by atoms with Crippen LogP contribution in [0.1, 0.15) is 51.0 Å². The van der Waals surface area contributed by atoms with Crippen LogP contribution in [0.4, 0.5) is 8.78 Å². The van der Waals surface area contributed by atoms with Crippen LogP contribution < -0.4 is 11.1 Å². The van der Waals surface area contributed by atoms with Gasteiger partial charge >= 0.3 is 0 Å². The van der Waals surface area contributed by atoms with Gasteiger partial charge in [0.25, 0.3) is 11.8 Å². The lowest BCUT2D eigenvalue weighted by Gasteiger charge is -2.40. The van der Waals surface area contributed by atoms with Gasteiger partial charge in [-0.25, -0.2) is 13.8 Å². The van der Waals surface area contributed by atoms with E-state index in [0.717, 1.165) is 28.7 Å². The zero-order valence-electron chi connectivity index (χ0n) is 33.0. The van der Waals surface area contributed by atoms with Crippen molar-refractivity contribution >= 4 is 29.4 Å². The van der Waals surface area contributed by atoms with Gasteiger partial charge in [-0.3, -0.25) is 28.9 Å². The number of ketones is 1. The Bertz CT molecular complexity index is 1880. The SMILES string of the molecule is CC(C)(C)[C@H](c1nc(-c2cc(F)ccc2F)cn1Cc1ccccc1)N(CC[C@H](N)C(=O)NCC(=O)CCOCCOCCOCCN1C(=O)C=CC1=O)C(=O)CO. The molecule has 4 amide bonds. The van der Waals surface area contributed by atoms with Gasteiger partial charge in [-0.2, -0.15) is 0 Å². The molecule has 0 unspecified atom stereocenters. The predicted octanol–water partition coefficient (Wildman–Crippen LogP) is 2.55. The number of hydrogen-bond acceptors (Lipinski definition) is 11. The molecule has 2 aromatic carbocycles. The smallest absolute Gasteiger partial charge is 0.253 e. The Balaban J connectivity index is 1.27. The molecule has 0 spiro atoms. The first kappa shape index (κ1) is 45.5. The molecule has 0 radical (unpaired) electrons. The topological polar surface area (TPSA) is 196 Å². The third-order valence-electron chi connectivity index (χ3n) is 9.15. The number of imide groups is 1. The maximum atomic E-state index is 15.0. The van der Waals surface area contributed by atoms with Crippen molar-refractivity contribution in [3.8, 4) is 11.3 Å². The molecule has 58 heavy (non-hydrogen) atoms. The second-order valence-corrected chi connectivity index (χ2v) is 14.6. The lowest BCUT2D eigenvalue weighted by Crippen LogP contribution is -2.48. The molecular formula is C41H52F2N6O9. The van der Waals surface area contributed by atoms with Crippen LogP contribution in [0.15, 0.2) is 66.9 Å². The molecule has 1 aliphatic rings. The van der Waals surface area contributed by atoms with E-state index in [-0.39, 0.29) is 108 Å². The van der Waals surface area contributed by atoms with Gasteiger partial charge in [0, 0.05) is 43.4 Å². The Morgan fingerprint density at radius 3 is 2.21 bits per heavy atom. The second-order valence-electron chi connectivity index (χ2n) is 14.6. The summed E-state index contributed by atoms with van der Waals surface area (Å²) in [6, 6.07) is 10.5. The van der Waals surface area contributed by atoms with Gasteiger partial charge < -0.3 is 39.8 Å². The summed E-state index contributed by atoms with van der Waals surface area (Å²) in [6.07, 6.45) is 4.02. The molecule has 3 aromatic rings. The summed E-state index contributed by atoms with van der Waals surface area (Å²) >= 11 is 0.